The minimum atomic E-state index is -0.605. The average molecular weight is 384 g/mol. The van der Waals surface area contributed by atoms with Gasteiger partial charge >= 0.3 is 0 Å². The Morgan fingerprint density at radius 2 is 2.32 bits per heavy atom. The molecular weight excluding hydrogens is 364 g/mol. The van der Waals surface area contributed by atoms with E-state index in [2.05, 4.69) is 15.3 Å². The summed E-state index contributed by atoms with van der Waals surface area (Å²) in [4.78, 5) is 17.1. The molecular formula is C18H20N6O4. The predicted molar refractivity (Wildman–Crippen MR) is 97.5 cm³/mol. The second kappa shape index (κ2) is 5.91. The molecule has 2 aliphatic heterocycles. The molecule has 1 saturated carbocycles. The first-order valence-corrected chi connectivity index (χ1v) is 9.17. The first kappa shape index (κ1) is 17.0. The molecule has 1 aromatic carbocycles. The molecule has 2 fully saturated rings. The van der Waals surface area contributed by atoms with E-state index in [1.807, 2.05) is 49.2 Å². The fraction of sp³-hybridized carbons (Fsp3) is 0.500. The molecule has 10 nitrogen and oxygen atoms in total. The van der Waals surface area contributed by atoms with Gasteiger partial charge < -0.3 is 14.4 Å². The number of aryl methyl sites for hydroxylation is 1. The van der Waals surface area contributed by atoms with Crippen LogP contribution in [0.2, 0.25) is 0 Å². The molecule has 4 atom stereocenters. The van der Waals surface area contributed by atoms with Gasteiger partial charge in [-0.2, -0.15) is 0 Å². The molecule has 3 aliphatic rings. The van der Waals surface area contributed by atoms with E-state index in [0.29, 0.717) is 25.7 Å². The molecule has 0 spiro atoms. The summed E-state index contributed by atoms with van der Waals surface area (Å²) in [7, 11) is 0. The molecule has 1 saturated heterocycles. The highest BCUT2D eigenvalue weighted by atomic mass is 16.6. The zero-order valence-corrected chi connectivity index (χ0v) is 15.6. The van der Waals surface area contributed by atoms with E-state index >= 15 is 0 Å². The summed E-state index contributed by atoms with van der Waals surface area (Å²) in [5.74, 6) is 0.790. The van der Waals surface area contributed by atoms with Gasteiger partial charge in [0, 0.05) is 4.92 Å². The summed E-state index contributed by atoms with van der Waals surface area (Å²) in [5.41, 5.74) is 1.29. The van der Waals surface area contributed by atoms with Crippen molar-refractivity contribution in [1.82, 2.24) is 19.9 Å². The standard InChI is InChI=1S/C18H20N6O4/c1-11-4-3-5-13(6-11)27-8-12-7-22(21-20-12)9-18(2)10-23-15-14(16(15)24(25)26)19-17(23)28-18/h3-7,14-16H,8-10H2,1-2H3/t14?,15?,16?,18-/m0/s1. The normalized spacial score (nSPS) is 29.7. The van der Waals surface area contributed by atoms with Crippen molar-refractivity contribution in [2.45, 2.75) is 50.7 Å². The lowest BCUT2D eigenvalue weighted by Gasteiger charge is -2.21. The number of nitrogens with zero attached hydrogens (tertiary/aromatic N) is 6. The van der Waals surface area contributed by atoms with E-state index < -0.39 is 11.6 Å². The molecule has 1 aromatic heterocycles. The van der Waals surface area contributed by atoms with Crippen molar-refractivity contribution in [1.29, 1.82) is 0 Å². The van der Waals surface area contributed by atoms with E-state index in [4.69, 9.17) is 9.47 Å². The number of fused-ring (bicyclic) bond motifs is 3. The van der Waals surface area contributed by atoms with Gasteiger partial charge in [0.05, 0.1) is 19.3 Å². The molecule has 0 N–H and O–H groups in total. The molecule has 1 aliphatic carbocycles. The van der Waals surface area contributed by atoms with Crippen LogP contribution in [0.4, 0.5) is 0 Å². The third kappa shape index (κ3) is 2.85. The third-order valence-electron chi connectivity index (χ3n) is 5.32. The molecule has 10 heteroatoms. The fourth-order valence-corrected chi connectivity index (χ4v) is 4.00. The van der Waals surface area contributed by atoms with E-state index in [-0.39, 0.29) is 17.0 Å². The number of nitro groups is 1. The van der Waals surface area contributed by atoms with Gasteiger partial charge in [0.25, 0.3) is 12.1 Å². The highest BCUT2D eigenvalue weighted by Crippen LogP contribution is 2.44. The van der Waals surface area contributed by atoms with Gasteiger partial charge in [-0.3, -0.25) is 10.1 Å². The van der Waals surface area contributed by atoms with Gasteiger partial charge in [-0.15, -0.1) is 5.10 Å². The van der Waals surface area contributed by atoms with Crippen LogP contribution < -0.4 is 4.74 Å². The summed E-state index contributed by atoms with van der Waals surface area (Å²) in [6.45, 7) is 5.32. The van der Waals surface area contributed by atoms with Crippen molar-refractivity contribution in [3.63, 3.8) is 0 Å². The Hall–Kier alpha value is -3.17. The zero-order chi connectivity index (χ0) is 19.5. The van der Waals surface area contributed by atoms with Crippen LogP contribution in [0.15, 0.2) is 35.5 Å². The van der Waals surface area contributed by atoms with Crippen LogP contribution in [0.5, 0.6) is 5.75 Å². The van der Waals surface area contributed by atoms with Crippen LogP contribution >= 0.6 is 0 Å². The molecule has 0 radical (unpaired) electrons. The van der Waals surface area contributed by atoms with Crippen molar-refractivity contribution in [2.75, 3.05) is 6.54 Å². The Kier molecular flexibility index (Phi) is 3.58. The van der Waals surface area contributed by atoms with E-state index in [0.717, 1.165) is 17.0 Å². The molecule has 0 bridgehead atoms. The van der Waals surface area contributed by atoms with Gasteiger partial charge in [-0.25, -0.2) is 9.67 Å². The van der Waals surface area contributed by atoms with Gasteiger partial charge in [-0.05, 0) is 31.5 Å². The number of amidine groups is 1. The molecule has 5 rings (SSSR count). The SMILES string of the molecule is Cc1cccc(OCc2cn(C[C@@]3(C)CN4C(=NC5C4C5[N+](=O)[O-])O3)nn2)c1. The number of aliphatic imine (C=N–C) groups is 1. The van der Waals surface area contributed by atoms with E-state index in [9.17, 15) is 10.1 Å². The Morgan fingerprint density at radius 1 is 1.46 bits per heavy atom. The van der Waals surface area contributed by atoms with E-state index in [1.54, 1.807) is 4.68 Å². The monoisotopic (exact) mass is 384 g/mol. The minimum Gasteiger partial charge on any atom is -0.487 e. The van der Waals surface area contributed by atoms with Crippen molar-refractivity contribution in [3.8, 4) is 5.75 Å². The van der Waals surface area contributed by atoms with Crippen LogP contribution in [-0.2, 0) is 17.9 Å². The summed E-state index contributed by atoms with van der Waals surface area (Å²) in [5, 5.41) is 19.4. The van der Waals surface area contributed by atoms with Gasteiger partial charge in [0.1, 0.15) is 29.7 Å². The van der Waals surface area contributed by atoms with Crippen LogP contribution in [-0.4, -0.2) is 61.1 Å². The summed E-state index contributed by atoms with van der Waals surface area (Å²) in [6.07, 6.45) is 1.83. The fourth-order valence-electron chi connectivity index (χ4n) is 4.00. The first-order chi connectivity index (χ1) is 13.4. The maximum atomic E-state index is 11.0. The maximum Gasteiger partial charge on any atom is 0.289 e. The van der Waals surface area contributed by atoms with Gasteiger partial charge in [0.15, 0.2) is 6.04 Å². The van der Waals surface area contributed by atoms with Gasteiger partial charge in [-0.1, -0.05) is 17.3 Å². The predicted octanol–water partition coefficient (Wildman–Crippen LogP) is 1.02. The molecule has 3 heterocycles. The first-order valence-electron chi connectivity index (χ1n) is 9.17. The van der Waals surface area contributed by atoms with Crippen molar-refractivity contribution >= 4 is 6.02 Å². The largest absolute Gasteiger partial charge is 0.487 e. The van der Waals surface area contributed by atoms with E-state index in [1.165, 1.54) is 0 Å². The highest BCUT2D eigenvalue weighted by molar-refractivity contribution is 5.81. The lowest BCUT2D eigenvalue weighted by Crippen LogP contribution is -2.37. The van der Waals surface area contributed by atoms with Crippen LogP contribution in [0.3, 0.4) is 0 Å². The third-order valence-corrected chi connectivity index (χ3v) is 5.32. The van der Waals surface area contributed by atoms with Crippen molar-refractivity contribution < 1.29 is 14.4 Å². The summed E-state index contributed by atoms with van der Waals surface area (Å²) in [6, 6.07) is 7.32. The molecule has 28 heavy (non-hydrogen) atoms. The summed E-state index contributed by atoms with van der Waals surface area (Å²) < 4.78 is 13.5. The number of aromatic nitrogens is 3. The lowest BCUT2D eigenvalue weighted by molar-refractivity contribution is -0.498. The quantitative estimate of drug-likeness (QED) is 0.540. The second-order valence-corrected chi connectivity index (χ2v) is 7.86. The van der Waals surface area contributed by atoms with Gasteiger partial charge in [0.2, 0.25) is 0 Å². The zero-order valence-electron chi connectivity index (χ0n) is 15.6. The highest BCUT2D eigenvalue weighted by Gasteiger charge is 2.71. The lowest BCUT2D eigenvalue weighted by atomic mass is 10.1. The Labute approximate surface area is 160 Å². The number of rotatable bonds is 6. The number of benzene rings is 1. The van der Waals surface area contributed by atoms with Crippen molar-refractivity contribution in [2.24, 2.45) is 4.99 Å². The van der Waals surface area contributed by atoms with Crippen molar-refractivity contribution in [3.05, 3.63) is 51.8 Å². The number of hydrogen-bond acceptors (Lipinski definition) is 8. The summed E-state index contributed by atoms with van der Waals surface area (Å²) >= 11 is 0. The van der Waals surface area contributed by atoms with Crippen LogP contribution in [0.25, 0.3) is 0 Å². The Bertz CT molecular complexity index is 974. The molecule has 3 unspecified atom stereocenters. The Balaban J connectivity index is 1.20. The topological polar surface area (TPSA) is 108 Å². The van der Waals surface area contributed by atoms with Crippen LogP contribution in [0, 0.1) is 17.0 Å². The van der Waals surface area contributed by atoms with Crippen LogP contribution in [0.1, 0.15) is 18.2 Å². The number of hydrogen-bond donors (Lipinski definition) is 0. The second-order valence-electron chi connectivity index (χ2n) is 7.86. The average Bonchev–Trinajstić information content (AvgIpc) is 2.88. The molecule has 2 aromatic rings. The molecule has 0 amide bonds. The smallest absolute Gasteiger partial charge is 0.289 e. The molecule has 146 valence electrons. The number of ether oxygens (including phenoxy) is 2. The minimum absolute atomic E-state index is 0.166. The Morgan fingerprint density at radius 3 is 3.11 bits per heavy atom. The maximum absolute atomic E-state index is 11.0.